The molecule has 1 aromatic rings. The number of carbonyl (C=O) groups is 1. The maximum atomic E-state index is 10.8. The van der Waals surface area contributed by atoms with Gasteiger partial charge in [0.05, 0.1) is 11.0 Å². The van der Waals surface area contributed by atoms with E-state index in [-0.39, 0.29) is 18.1 Å². The molecule has 0 spiro atoms. The second-order valence-corrected chi connectivity index (χ2v) is 3.65. The number of aryl methyl sites for hydroxylation is 2. The molecule has 0 bridgehead atoms. The summed E-state index contributed by atoms with van der Waals surface area (Å²) in [5, 5.41) is 10.7. The minimum atomic E-state index is -0.463. The molecule has 0 unspecified atom stereocenters. The van der Waals surface area contributed by atoms with E-state index in [0.29, 0.717) is 11.3 Å². The molecule has 5 heteroatoms. The number of nitro benzene ring substituents is 1. The van der Waals surface area contributed by atoms with Crippen LogP contribution in [0.15, 0.2) is 12.1 Å². The predicted octanol–water partition coefficient (Wildman–Crippen LogP) is 2.18. The molecule has 0 heterocycles. The highest BCUT2D eigenvalue weighted by molar-refractivity contribution is 5.77. The van der Waals surface area contributed by atoms with Crippen LogP contribution in [0.5, 0.6) is 5.75 Å². The van der Waals surface area contributed by atoms with Gasteiger partial charge in [0.15, 0.2) is 5.78 Å². The fourth-order valence-electron chi connectivity index (χ4n) is 1.35. The second kappa shape index (κ2) is 4.74. The van der Waals surface area contributed by atoms with Gasteiger partial charge in [0, 0.05) is 5.56 Å². The van der Waals surface area contributed by atoms with Crippen molar-refractivity contribution >= 4 is 11.5 Å². The molecule has 1 rings (SSSR count). The Morgan fingerprint density at radius 2 is 2.00 bits per heavy atom. The van der Waals surface area contributed by atoms with E-state index in [0.717, 1.165) is 5.56 Å². The molecule has 0 aliphatic carbocycles. The Morgan fingerprint density at radius 3 is 2.50 bits per heavy atom. The van der Waals surface area contributed by atoms with Crippen molar-refractivity contribution in [2.75, 3.05) is 6.61 Å². The van der Waals surface area contributed by atoms with Crippen molar-refractivity contribution in [1.29, 1.82) is 0 Å². The van der Waals surface area contributed by atoms with Gasteiger partial charge in [-0.25, -0.2) is 0 Å². The number of carbonyl (C=O) groups excluding carboxylic acids is 1. The molecule has 0 fully saturated rings. The normalized spacial score (nSPS) is 9.94. The van der Waals surface area contributed by atoms with E-state index in [1.165, 1.54) is 13.0 Å². The Labute approximate surface area is 93.2 Å². The minimum absolute atomic E-state index is 0.00384. The standard InChI is InChI=1S/C11H13NO4/c1-7-4-8(2)11(16-6-9(3)13)5-10(7)12(14)15/h4-5H,6H2,1-3H3. The number of nitro groups is 1. The zero-order valence-corrected chi connectivity index (χ0v) is 9.44. The molecule has 5 nitrogen and oxygen atoms in total. The molecule has 0 aromatic heterocycles. The van der Waals surface area contributed by atoms with Crippen molar-refractivity contribution in [3.05, 3.63) is 33.4 Å². The first-order valence-electron chi connectivity index (χ1n) is 4.79. The predicted molar refractivity (Wildman–Crippen MR) is 58.7 cm³/mol. The average molecular weight is 223 g/mol. The lowest BCUT2D eigenvalue weighted by Crippen LogP contribution is -2.08. The largest absolute Gasteiger partial charge is 0.485 e. The Hall–Kier alpha value is -1.91. The Balaban J connectivity index is 3.05. The summed E-state index contributed by atoms with van der Waals surface area (Å²) in [5.41, 5.74) is 1.37. The molecule has 1 aromatic carbocycles. The van der Waals surface area contributed by atoms with Crippen LogP contribution in [-0.2, 0) is 4.79 Å². The maximum absolute atomic E-state index is 10.8. The lowest BCUT2D eigenvalue weighted by atomic mass is 10.1. The Morgan fingerprint density at radius 1 is 1.38 bits per heavy atom. The molecule has 0 aliphatic heterocycles. The van der Waals surface area contributed by atoms with Crippen molar-refractivity contribution in [1.82, 2.24) is 0 Å². The van der Waals surface area contributed by atoms with Crippen molar-refractivity contribution < 1.29 is 14.5 Å². The van der Waals surface area contributed by atoms with Crippen molar-refractivity contribution in [2.24, 2.45) is 0 Å². The number of hydrogen-bond donors (Lipinski definition) is 0. The summed E-state index contributed by atoms with van der Waals surface area (Å²) in [6.45, 7) is 4.78. The summed E-state index contributed by atoms with van der Waals surface area (Å²) in [6, 6.07) is 3.03. The molecule has 0 aliphatic rings. The van der Waals surface area contributed by atoms with Gasteiger partial charge >= 0.3 is 0 Å². The molecule has 0 atom stereocenters. The smallest absolute Gasteiger partial charge is 0.276 e. The number of benzene rings is 1. The van der Waals surface area contributed by atoms with Gasteiger partial charge in [-0.05, 0) is 32.4 Å². The van der Waals surface area contributed by atoms with Crippen molar-refractivity contribution in [3.63, 3.8) is 0 Å². The molecule has 0 saturated carbocycles. The Bertz CT molecular complexity index is 440. The van der Waals surface area contributed by atoms with E-state index in [1.54, 1.807) is 19.9 Å². The molecule has 0 amide bonds. The van der Waals surface area contributed by atoms with Crippen LogP contribution in [0, 0.1) is 24.0 Å². The lowest BCUT2D eigenvalue weighted by Gasteiger charge is -2.08. The molecule has 0 N–H and O–H groups in total. The number of ether oxygens (including phenoxy) is 1. The van der Waals surface area contributed by atoms with Crippen LogP contribution in [0.1, 0.15) is 18.1 Å². The molecule has 16 heavy (non-hydrogen) atoms. The molecule has 0 saturated heterocycles. The fraction of sp³-hybridized carbons (Fsp3) is 0.364. The molecular weight excluding hydrogens is 210 g/mol. The van der Waals surface area contributed by atoms with Crippen LogP contribution in [-0.4, -0.2) is 17.3 Å². The SMILES string of the molecule is CC(=O)COc1cc([N+](=O)[O-])c(C)cc1C. The highest BCUT2D eigenvalue weighted by Gasteiger charge is 2.14. The number of rotatable bonds is 4. The average Bonchev–Trinajstić information content (AvgIpc) is 2.15. The number of nitrogens with zero attached hydrogens (tertiary/aromatic N) is 1. The van der Waals surface area contributed by atoms with E-state index in [9.17, 15) is 14.9 Å². The van der Waals surface area contributed by atoms with Gasteiger partial charge in [-0.3, -0.25) is 14.9 Å². The maximum Gasteiger partial charge on any atom is 0.276 e. The van der Waals surface area contributed by atoms with Crippen LogP contribution >= 0.6 is 0 Å². The van der Waals surface area contributed by atoms with Gasteiger partial charge in [-0.1, -0.05) is 0 Å². The zero-order chi connectivity index (χ0) is 12.3. The van der Waals surface area contributed by atoms with Crippen LogP contribution < -0.4 is 4.74 Å². The van der Waals surface area contributed by atoms with E-state index in [1.807, 2.05) is 0 Å². The Kier molecular flexibility index (Phi) is 3.60. The van der Waals surface area contributed by atoms with Gasteiger partial charge < -0.3 is 4.74 Å². The summed E-state index contributed by atoms with van der Waals surface area (Å²) in [7, 11) is 0. The topological polar surface area (TPSA) is 69.4 Å². The summed E-state index contributed by atoms with van der Waals surface area (Å²) in [5.74, 6) is 0.259. The van der Waals surface area contributed by atoms with Crippen molar-refractivity contribution in [3.8, 4) is 5.75 Å². The van der Waals surface area contributed by atoms with Crippen LogP contribution in [0.3, 0.4) is 0 Å². The quantitative estimate of drug-likeness (QED) is 0.579. The molecule has 86 valence electrons. The zero-order valence-electron chi connectivity index (χ0n) is 9.44. The second-order valence-electron chi connectivity index (χ2n) is 3.65. The van der Waals surface area contributed by atoms with E-state index < -0.39 is 4.92 Å². The van der Waals surface area contributed by atoms with E-state index in [4.69, 9.17) is 4.74 Å². The fourth-order valence-corrected chi connectivity index (χ4v) is 1.35. The van der Waals surface area contributed by atoms with E-state index in [2.05, 4.69) is 0 Å². The van der Waals surface area contributed by atoms with E-state index >= 15 is 0 Å². The number of hydrogen-bond acceptors (Lipinski definition) is 4. The van der Waals surface area contributed by atoms with Gasteiger partial charge in [-0.15, -0.1) is 0 Å². The highest BCUT2D eigenvalue weighted by atomic mass is 16.6. The third kappa shape index (κ3) is 2.79. The first kappa shape index (κ1) is 12.2. The van der Waals surface area contributed by atoms with Crippen LogP contribution in [0.2, 0.25) is 0 Å². The van der Waals surface area contributed by atoms with Gasteiger partial charge in [0.1, 0.15) is 12.4 Å². The third-order valence-corrected chi connectivity index (χ3v) is 2.12. The first-order valence-corrected chi connectivity index (χ1v) is 4.79. The number of Topliss-reactive ketones (excluding diaryl/α,β-unsaturated/α-hetero) is 1. The van der Waals surface area contributed by atoms with Gasteiger partial charge in [0.2, 0.25) is 0 Å². The third-order valence-electron chi connectivity index (χ3n) is 2.12. The van der Waals surface area contributed by atoms with Crippen LogP contribution in [0.4, 0.5) is 5.69 Å². The minimum Gasteiger partial charge on any atom is -0.485 e. The first-order chi connectivity index (χ1) is 7.41. The summed E-state index contributed by atoms with van der Waals surface area (Å²) in [6.07, 6.45) is 0. The monoisotopic (exact) mass is 223 g/mol. The number of ketones is 1. The molecule has 0 radical (unpaired) electrons. The summed E-state index contributed by atoms with van der Waals surface area (Å²) < 4.78 is 5.19. The highest BCUT2D eigenvalue weighted by Crippen LogP contribution is 2.27. The summed E-state index contributed by atoms with van der Waals surface area (Å²) in [4.78, 5) is 21.0. The van der Waals surface area contributed by atoms with Gasteiger partial charge in [0.25, 0.3) is 5.69 Å². The van der Waals surface area contributed by atoms with Crippen molar-refractivity contribution in [2.45, 2.75) is 20.8 Å². The van der Waals surface area contributed by atoms with Gasteiger partial charge in [-0.2, -0.15) is 0 Å². The lowest BCUT2D eigenvalue weighted by molar-refractivity contribution is -0.385. The summed E-state index contributed by atoms with van der Waals surface area (Å²) >= 11 is 0. The molecular formula is C11H13NO4. The van der Waals surface area contributed by atoms with Crippen LogP contribution in [0.25, 0.3) is 0 Å².